The zero-order valence-electron chi connectivity index (χ0n) is 20.0. The van der Waals surface area contributed by atoms with Crippen LogP contribution in [0.3, 0.4) is 0 Å². The average molecular weight is 459 g/mol. The zero-order chi connectivity index (χ0) is 24.1. The minimum absolute atomic E-state index is 0.00273. The molecule has 2 N–H and O–H groups in total. The predicted molar refractivity (Wildman–Crippen MR) is 130 cm³/mol. The maximum absolute atomic E-state index is 12.5. The Morgan fingerprint density at radius 3 is 2.44 bits per heavy atom. The van der Waals surface area contributed by atoms with Crippen molar-refractivity contribution in [1.29, 1.82) is 0 Å². The molecule has 9 nitrogen and oxygen atoms in total. The van der Waals surface area contributed by atoms with Gasteiger partial charge in [0.05, 0.1) is 0 Å². The first kappa shape index (κ1) is 23.3. The molecule has 1 amide bonds. The Kier molecular flexibility index (Phi) is 6.81. The highest BCUT2D eigenvalue weighted by Crippen LogP contribution is 2.30. The van der Waals surface area contributed by atoms with Crippen molar-refractivity contribution in [3.63, 3.8) is 0 Å². The fourth-order valence-corrected chi connectivity index (χ4v) is 3.69. The number of nitrogens with zero attached hydrogens (tertiary/aromatic N) is 6. The van der Waals surface area contributed by atoms with Crippen LogP contribution < -0.4 is 5.32 Å². The Labute approximate surface area is 199 Å². The first-order valence-electron chi connectivity index (χ1n) is 11.5. The Hall–Kier alpha value is -3.88. The smallest absolute Gasteiger partial charge is 0.290 e. The lowest BCUT2D eigenvalue weighted by molar-refractivity contribution is 0.0942. The van der Waals surface area contributed by atoms with Crippen molar-refractivity contribution in [3.8, 4) is 22.5 Å². The van der Waals surface area contributed by atoms with Crippen molar-refractivity contribution >= 4 is 5.91 Å². The molecule has 0 aliphatic carbocycles. The molecule has 0 radical (unpaired) electrons. The molecule has 4 rings (SSSR count). The third-order valence-corrected chi connectivity index (χ3v) is 5.27. The van der Waals surface area contributed by atoms with Gasteiger partial charge in [-0.15, -0.1) is 10.2 Å². The molecular formula is C25H30N8O. The van der Waals surface area contributed by atoms with E-state index in [1.54, 1.807) is 0 Å². The van der Waals surface area contributed by atoms with Gasteiger partial charge in [-0.2, -0.15) is 0 Å². The molecule has 2 heterocycles. The van der Waals surface area contributed by atoms with Gasteiger partial charge in [0.15, 0.2) is 5.82 Å². The second-order valence-corrected chi connectivity index (χ2v) is 9.49. The SMILES string of the molecule is CCCNC(=O)c1nc(Cc2ccc(-c3ccccc3-c3nnn[nH]3)cc2)n(CC(C)(C)C)n1. The van der Waals surface area contributed by atoms with Crippen LogP contribution in [0.25, 0.3) is 22.5 Å². The zero-order valence-corrected chi connectivity index (χ0v) is 20.0. The molecule has 0 aliphatic heterocycles. The van der Waals surface area contributed by atoms with Gasteiger partial charge in [0, 0.05) is 25.1 Å². The average Bonchev–Trinajstić information content (AvgIpc) is 3.48. The van der Waals surface area contributed by atoms with Crippen LogP contribution in [-0.4, -0.2) is 47.8 Å². The monoisotopic (exact) mass is 458 g/mol. The maximum Gasteiger partial charge on any atom is 0.290 e. The van der Waals surface area contributed by atoms with E-state index < -0.39 is 0 Å². The highest BCUT2D eigenvalue weighted by Gasteiger charge is 2.20. The molecule has 9 heteroatoms. The summed E-state index contributed by atoms with van der Waals surface area (Å²) >= 11 is 0. The van der Waals surface area contributed by atoms with Gasteiger partial charge >= 0.3 is 0 Å². The lowest BCUT2D eigenvalue weighted by atomic mass is 9.96. The third kappa shape index (κ3) is 5.54. The molecule has 0 fully saturated rings. The summed E-state index contributed by atoms with van der Waals surface area (Å²) < 4.78 is 1.86. The normalized spacial score (nSPS) is 11.5. The molecule has 2 aromatic heterocycles. The van der Waals surface area contributed by atoms with Crippen molar-refractivity contribution < 1.29 is 4.79 Å². The maximum atomic E-state index is 12.5. The first-order chi connectivity index (χ1) is 16.3. The van der Waals surface area contributed by atoms with Gasteiger partial charge in [-0.1, -0.05) is 76.2 Å². The molecule has 0 atom stereocenters. The minimum atomic E-state index is -0.232. The van der Waals surface area contributed by atoms with Crippen LogP contribution in [0.2, 0.25) is 0 Å². The van der Waals surface area contributed by atoms with Gasteiger partial charge in [-0.25, -0.2) is 14.8 Å². The number of hydrogen-bond acceptors (Lipinski definition) is 6. The van der Waals surface area contributed by atoms with E-state index in [1.807, 2.05) is 35.9 Å². The summed E-state index contributed by atoms with van der Waals surface area (Å²) in [6.07, 6.45) is 1.45. The topological polar surface area (TPSA) is 114 Å². The second kappa shape index (κ2) is 9.94. The number of nitrogens with one attached hydrogen (secondary N) is 2. The highest BCUT2D eigenvalue weighted by atomic mass is 16.2. The largest absolute Gasteiger partial charge is 0.349 e. The van der Waals surface area contributed by atoms with Crippen LogP contribution >= 0.6 is 0 Å². The molecule has 0 bridgehead atoms. The predicted octanol–water partition coefficient (Wildman–Crippen LogP) is 3.90. The summed E-state index contributed by atoms with van der Waals surface area (Å²) in [6, 6.07) is 16.3. The molecule has 0 saturated carbocycles. The van der Waals surface area contributed by atoms with E-state index in [9.17, 15) is 4.79 Å². The number of rotatable bonds is 8. The number of H-pyrrole nitrogens is 1. The van der Waals surface area contributed by atoms with Crippen LogP contribution in [0.15, 0.2) is 48.5 Å². The van der Waals surface area contributed by atoms with Crippen molar-refractivity contribution in [2.24, 2.45) is 5.41 Å². The summed E-state index contributed by atoms with van der Waals surface area (Å²) in [4.78, 5) is 17.0. The van der Waals surface area contributed by atoms with Crippen molar-refractivity contribution in [2.45, 2.75) is 47.1 Å². The summed E-state index contributed by atoms with van der Waals surface area (Å²) in [5.74, 6) is 1.39. The van der Waals surface area contributed by atoms with E-state index in [0.717, 1.165) is 34.5 Å². The molecule has 4 aromatic rings. The van der Waals surface area contributed by atoms with Gasteiger partial charge < -0.3 is 5.32 Å². The number of tetrazole rings is 1. The Bertz CT molecular complexity index is 1240. The number of aromatic amines is 1. The van der Waals surface area contributed by atoms with Crippen LogP contribution in [0.1, 0.15) is 56.1 Å². The summed E-state index contributed by atoms with van der Waals surface area (Å²) in [6.45, 7) is 9.73. The lowest BCUT2D eigenvalue weighted by Crippen LogP contribution is -2.25. The second-order valence-electron chi connectivity index (χ2n) is 9.49. The number of aromatic nitrogens is 7. The standard InChI is InChI=1S/C25H30N8O/c1-5-14-26-24(34)23-27-21(33(30-23)16-25(2,3)4)15-17-10-12-18(13-11-17)19-8-6-7-9-20(19)22-28-31-32-29-22/h6-13H,5,14-16H2,1-4H3,(H,26,34)(H,28,29,31,32). The van der Waals surface area contributed by atoms with E-state index >= 15 is 0 Å². The molecule has 0 spiro atoms. The number of carbonyl (C=O) groups excluding carboxylic acids is 1. The van der Waals surface area contributed by atoms with Gasteiger partial charge in [-0.05, 0) is 39.0 Å². The molecule has 2 aromatic carbocycles. The van der Waals surface area contributed by atoms with E-state index in [-0.39, 0.29) is 17.1 Å². The Morgan fingerprint density at radius 1 is 1.06 bits per heavy atom. The fourth-order valence-electron chi connectivity index (χ4n) is 3.69. The van der Waals surface area contributed by atoms with Crippen molar-refractivity contribution in [1.82, 2.24) is 40.7 Å². The number of benzene rings is 2. The van der Waals surface area contributed by atoms with E-state index in [4.69, 9.17) is 0 Å². The number of carbonyl (C=O) groups is 1. The van der Waals surface area contributed by atoms with E-state index in [1.165, 1.54) is 0 Å². The van der Waals surface area contributed by atoms with Gasteiger partial charge in [0.2, 0.25) is 5.82 Å². The van der Waals surface area contributed by atoms with E-state index in [0.29, 0.717) is 25.3 Å². The molecule has 0 aliphatic rings. The molecular weight excluding hydrogens is 428 g/mol. The fraction of sp³-hybridized carbons (Fsp3) is 0.360. The van der Waals surface area contributed by atoms with Crippen LogP contribution in [0.5, 0.6) is 0 Å². The van der Waals surface area contributed by atoms with Crippen molar-refractivity contribution in [2.75, 3.05) is 6.54 Å². The van der Waals surface area contributed by atoms with Gasteiger partial charge in [0.1, 0.15) is 5.82 Å². The quantitative estimate of drug-likeness (QED) is 0.414. The molecule has 0 unspecified atom stereocenters. The number of amides is 1. The molecule has 34 heavy (non-hydrogen) atoms. The summed E-state index contributed by atoms with van der Waals surface area (Å²) in [5, 5.41) is 21.7. The summed E-state index contributed by atoms with van der Waals surface area (Å²) in [7, 11) is 0. The van der Waals surface area contributed by atoms with Crippen LogP contribution in [0, 0.1) is 5.41 Å². The Balaban J connectivity index is 1.59. The number of hydrogen-bond donors (Lipinski definition) is 2. The molecule has 0 saturated heterocycles. The van der Waals surface area contributed by atoms with Gasteiger partial charge in [0.25, 0.3) is 5.91 Å². The minimum Gasteiger partial charge on any atom is -0.349 e. The summed E-state index contributed by atoms with van der Waals surface area (Å²) in [5.41, 5.74) is 4.13. The third-order valence-electron chi connectivity index (χ3n) is 5.27. The lowest BCUT2D eigenvalue weighted by Gasteiger charge is -2.19. The first-order valence-corrected chi connectivity index (χ1v) is 11.5. The molecule has 176 valence electrons. The van der Waals surface area contributed by atoms with Gasteiger partial charge in [-0.3, -0.25) is 4.79 Å². The van der Waals surface area contributed by atoms with E-state index in [2.05, 4.69) is 81.1 Å². The van der Waals surface area contributed by atoms with Crippen LogP contribution in [0.4, 0.5) is 0 Å². The van der Waals surface area contributed by atoms with Crippen molar-refractivity contribution in [3.05, 3.63) is 65.7 Å². The van der Waals surface area contributed by atoms with Crippen LogP contribution in [-0.2, 0) is 13.0 Å². The highest BCUT2D eigenvalue weighted by molar-refractivity contribution is 5.90. The Morgan fingerprint density at radius 2 is 1.79 bits per heavy atom.